The van der Waals surface area contributed by atoms with Crippen molar-refractivity contribution in [2.24, 2.45) is 7.05 Å². The minimum atomic E-state index is -0.127. The van der Waals surface area contributed by atoms with Crippen LogP contribution < -0.4 is 10.6 Å². The molecule has 0 radical (unpaired) electrons. The Kier molecular flexibility index (Phi) is 7.08. The van der Waals surface area contributed by atoms with Gasteiger partial charge in [0.2, 0.25) is 5.95 Å². The van der Waals surface area contributed by atoms with E-state index in [-0.39, 0.29) is 18.3 Å². The molecule has 2 N–H and O–H groups in total. The van der Waals surface area contributed by atoms with E-state index in [1.54, 1.807) is 4.68 Å². The summed E-state index contributed by atoms with van der Waals surface area (Å²) < 4.78 is 1.67. The number of anilines is 1. The molecule has 1 aliphatic carbocycles. The maximum absolute atomic E-state index is 12.6. The second-order valence-corrected chi connectivity index (χ2v) is 7.85. The number of piperidine rings is 1. The van der Waals surface area contributed by atoms with Crippen molar-refractivity contribution in [3.8, 4) is 0 Å². The summed E-state index contributed by atoms with van der Waals surface area (Å²) in [6, 6.07) is 8.09. The number of hydrogen-bond donors (Lipinski definition) is 2. The van der Waals surface area contributed by atoms with Crippen molar-refractivity contribution >= 4 is 24.3 Å². The van der Waals surface area contributed by atoms with Gasteiger partial charge in [-0.1, -0.05) is 31.4 Å². The first-order valence-electron chi connectivity index (χ1n) is 10.2. The Morgan fingerprint density at radius 1 is 1.04 bits per heavy atom. The number of nitrogens with one attached hydrogen (secondary N) is 2. The van der Waals surface area contributed by atoms with Crippen LogP contribution in [0.3, 0.4) is 0 Å². The van der Waals surface area contributed by atoms with Crippen LogP contribution in [-0.2, 0) is 7.05 Å². The van der Waals surface area contributed by atoms with E-state index in [9.17, 15) is 4.79 Å². The number of aromatic nitrogens is 3. The summed E-state index contributed by atoms with van der Waals surface area (Å²) in [4.78, 5) is 17.2. The summed E-state index contributed by atoms with van der Waals surface area (Å²) in [5, 5.41) is 10.8. The van der Waals surface area contributed by atoms with E-state index >= 15 is 0 Å². The normalized spacial score (nSPS) is 18.5. The number of benzene rings is 1. The maximum Gasteiger partial charge on any atom is 0.258 e. The van der Waals surface area contributed by atoms with Crippen molar-refractivity contribution in [3.63, 3.8) is 0 Å². The summed E-state index contributed by atoms with van der Waals surface area (Å²) in [7, 11) is 1.83. The minimum absolute atomic E-state index is 0. The second-order valence-electron chi connectivity index (χ2n) is 7.85. The van der Waals surface area contributed by atoms with Crippen LogP contribution in [0.5, 0.6) is 0 Å². The van der Waals surface area contributed by atoms with Gasteiger partial charge in [0.25, 0.3) is 5.91 Å². The van der Waals surface area contributed by atoms with Crippen LogP contribution >= 0.6 is 12.4 Å². The summed E-state index contributed by atoms with van der Waals surface area (Å²) >= 11 is 0. The standard InChI is InChI=1S/C21H29N5O.ClH/c1-26-21(23-19(25-26)17-11-13-22-14-12-17)24-20(27)18-9-7-16(8-10-18)15-5-3-2-4-6-15;/h7-10,15,17,22H,2-6,11-14H2,1H3,(H,23,24,25,27);1H. The van der Waals surface area contributed by atoms with Gasteiger partial charge in [0.05, 0.1) is 0 Å². The molecule has 2 aliphatic rings. The highest BCUT2D eigenvalue weighted by atomic mass is 35.5. The highest BCUT2D eigenvalue weighted by molar-refractivity contribution is 6.03. The topological polar surface area (TPSA) is 71.8 Å². The molecule has 152 valence electrons. The predicted octanol–water partition coefficient (Wildman–Crippen LogP) is 4.00. The molecule has 2 fully saturated rings. The fourth-order valence-electron chi connectivity index (χ4n) is 4.28. The van der Waals surface area contributed by atoms with Crippen LogP contribution in [0.15, 0.2) is 24.3 Å². The lowest BCUT2D eigenvalue weighted by atomic mass is 9.84. The Hall–Kier alpha value is -1.92. The van der Waals surface area contributed by atoms with Crippen LogP contribution in [0, 0.1) is 0 Å². The number of amides is 1. The summed E-state index contributed by atoms with van der Waals surface area (Å²) in [5.41, 5.74) is 2.03. The van der Waals surface area contributed by atoms with Crippen LogP contribution in [0.4, 0.5) is 5.95 Å². The van der Waals surface area contributed by atoms with Crippen LogP contribution in [-0.4, -0.2) is 33.8 Å². The largest absolute Gasteiger partial charge is 0.317 e. The number of halogens is 1. The number of rotatable bonds is 4. The van der Waals surface area contributed by atoms with Gasteiger partial charge in [-0.2, -0.15) is 10.1 Å². The molecule has 1 amide bonds. The van der Waals surface area contributed by atoms with Crippen molar-refractivity contribution in [2.75, 3.05) is 18.4 Å². The average Bonchev–Trinajstić information content (AvgIpc) is 3.10. The second kappa shape index (κ2) is 9.52. The fourth-order valence-corrected chi connectivity index (χ4v) is 4.28. The van der Waals surface area contributed by atoms with Gasteiger partial charge in [-0.05, 0) is 62.4 Å². The Balaban J connectivity index is 0.00000225. The molecule has 1 saturated carbocycles. The average molecular weight is 404 g/mol. The van der Waals surface area contributed by atoms with Gasteiger partial charge >= 0.3 is 0 Å². The molecule has 6 nitrogen and oxygen atoms in total. The van der Waals surface area contributed by atoms with Crippen molar-refractivity contribution in [3.05, 3.63) is 41.2 Å². The fraction of sp³-hybridized carbons (Fsp3) is 0.571. The van der Waals surface area contributed by atoms with E-state index in [4.69, 9.17) is 0 Å². The molecule has 7 heteroatoms. The quantitative estimate of drug-likeness (QED) is 0.809. The first kappa shape index (κ1) is 20.8. The Morgan fingerprint density at radius 2 is 1.71 bits per heavy atom. The maximum atomic E-state index is 12.6. The van der Waals surface area contributed by atoms with Crippen LogP contribution in [0.25, 0.3) is 0 Å². The predicted molar refractivity (Wildman–Crippen MR) is 113 cm³/mol. The minimum Gasteiger partial charge on any atom is -0.317 e. The van der Waals surface area contributed by atoms with Crippen molar-refractivity contribution in [2.45, 2.75) is 56.8 Å². The van der Waals surface area contributed by atoms with Gasteiger partial charge in [0.15, 0.2) is 5.82 Å². The molecule has 0 atom stereocenters. The van der Waals surface area contributed by atoms with Crippen molar-refractivity contribution in [1.82, 2.24) is 20.1 Å². The number of carbonyl (C=O) groups excluding carboxylic acids is 1. The number of hydrogen-bond acceptors (Lipinski definition) is 4. The highest BCUT2D eigenvalue weighted by Crippen LogP contribution is 2.32. The zero-order valence-corrected chi connectivity index (χ0v) is 17.3. The molecule has 0 spiro atoms. The van der Waals surface area contributed by atoms with Crippen LogP contribution in [0.1, 0.15) is 78.5 Å². The molecular formula is C21H30ClN5O. The Morgan fingerprint density at radius 3 is 2.39 bits per heavy atom. The molecule has 0 bridgehead atoms. The first-order chi connectivity index (χ1) is 13.2. The van der Waals surface area contributed by atoms with E-state index in [1.165, 1.54) is 37.7 Å². The van der Waals surface area contributed by atoms with E-state index in [0.717, 1.165) is 31.8 Å². The van der Waals surface area contributed by atoms with E-state index in [1.807, 2.05) is 19.2 Å². The van der Waals surface area contributed by atoms with Gasteiger partial charge in [-0.15, -0.1) is 12.4 Å². The molecule has 4 rings (SSSR count). The third-order valence-electron chi connectivity index (χ3n) is 5.96. The van der Waals surface area contributed by atoms with Gasteiger partial charge in [-0.3, -0.25) is 10.1 Å². The molecule has 2 heterocycles. The number of nitrogens with zero attached hydrogens (tertiary/aromatic N) is 3. The van der Waals surface area contributed by atoms with Crippen LogP contribution in [0.2, 0.25) is 0 Å². The van der Waals surface area contributed by atoms with E-state index in [2.05, 4.69) is 32.8 Å². The molecule has 0 unspecified atom stereocenters. The third-order valence-corrected chi connectivity index (χ3v) is 5.96. The zero-order valence-electron chi connectivity index (χ0n) is 16.5. The molecule has 28 heavy (non-hydrogen) atoms. The summed E-state index contributed by atoms with van der Waals surface area (Å²) in [6.45, 7) is 2.00. The Labute approximate surface area is 172 Å². The smallest absolute Gasteiger partial charge is 0.258 e. The van der Waals surface area contributed by atoms with Gasteiger partial charge in [0.1, 0.15) is 0 Å². The molecule has 1 aromatic heterocycles. The molecule has 1 aliphatic heterocycles. The first-order valence-corrected chi connectivity index (χ1v) is 10.2. The zero-order chi connectivity index (χ0) is 18.6. The summed E-state index contributed by atoms with van der Waals surface area (Å²) in [5.74, 6) is 2.25. The molecule has 1 aromatic carbocycles. The Bertz CT molecular complexity index is 777. The van der Waals surface area contributed by atoms with E-state index in [0.29, 0.717) is 23.3 Å². The monoisotopic (exact) mass is 403 g/mol. The molecular weight excluding hydrogens is 374 g/mol. The van der Waals surface area contributed by atoms with E-state index < -0.39 is 0 Å². The highest BCUT2D eigenvalue weighted by Gasteiger charge is 2.22. The number of aryl methyl sites for hydroxylation is 1. The molecule has 1 saturated heterocycles. The third kappa shape index (κ3) is 4.73. The lowest BCUT2D eigenvalue weighted by Gasteiger charge is -2.22. The molecule has 2 aromatic rings. The lowest BCUT2D eigenvalue weighted by molar-refractivity contribution is 0.102. The van der Waals surface area contributed by atoms with Gasteiger partial charge < -0.3 is 5.32 Å². The van der Waals surface area contributed by atoms with Gasteiger partial charge in [0, 0.05) is 18.5 Å². The van der Waals surface area contributed by atoms with Crippen molar-refractivity contribution in [1.29, 1.82) is 0 Å². The number of carbonyl (C=O) groups is 1. The SMILES string of the molecule is Cl.Cn1nc(C2CCNCC2)nc1NC(=O)c1ccc(C2CCCCC2)cc1. The summed E-state index contributed by atoms with van der Waals surface area (Å²) in [6.07, 6.45) is 8.61. The van der Waals surface area contributed by atoms with Gasteiger partial charge in [-0.25, -0.2) is 4.68 Å². The van der Waals surface area contributed by atoms with Crippen molar-refractivity contribution < 1.29 is 4.79 Å². The lowest BCUT2D eigenvalue weighted by Crippen LogP contribution is -2.27.